The smallest absolute Gasteiger partial charge is 0.268 e. The fraction of sp³-hybridized carbons (Fsp3) is 0.222. The number of hydrogen-bond donors (Lipinski definition) is 3. The highest BCUT2D eigenvalue weighted by Crippen LogP contribution is 2.23. The second-order valence-corrected chi connectivity index (χ2v) is 9.11. The highest BCUT2D eigenvalue weighted by Gasteiger charge is 2.28. The molecule has 2 aromatic heterocycles. The van der Waals surface area contributed by atoms with Crippen molar-refractivity contribution >= 4 is 46.7 Å². The van der Waals surface area contributed by atoms with Crippen molar-refractivity contribution in [3.05, 3.63) is 89.3 Å². The summed E-state index contributed by atoms with van der Waals surface area (Å²) in [7, 11) is 0. The molecular weight excluding hydrogens is 483 g/mol. The number of fused-ring (bicyclic) bond motifs is 1. The van der Waals surface area contributed by atoms with E-state index >= 15 is 0 Å². The van der Waals surface area contributed by atoms with Gasteiger partial charge in [-0.25, -0.2) is 0 Å². The average molecular weight is 509 g/mol. The van der Waals surface area contributed by atoms with Crippen molar-refractivity contribution in [3.63, 3.8) is 0 Å². The number of hydrogen-bond acceptors (Lipinski definition) is 3. The summed E-state index contributed by atoms with van der Waals surface area (Å²) in [6, 6.07) is 18.4. The number of halogens is 2. The van der Waals surface area contributed by atoms with E-state index in [1.165, 1.54) is 0 Å². The van der Waals surface area contributed by atoms with Crippen LogP contribution in [0.3, 0.4) is 0 Å². The third-order valence-corrected chi connectivity index (χ3v) is 6.62. The van der Waals surface area contributed by atoms with E-state index in [0.29, 0.717) is 16.3 Å². The van der Waals surface area contributed by atoms with Crippen molar-refractivity contribution in [2.75, 3.05) is 0 Å². The molecule has 1 fully saturated rings. The van der Waals surface area contributed by atoms with E-state index in [2.05, 4.69) is 20.6 Å². The maximum atomic E-state index is 13.0. The fourth-order valence-electron chi connectivity index (χ4n) is 4.56. The summed E-state index contributed by atoms with van der Waals surface area (Å²) in [5.41, 5.74) is 4.02. The second kappa shape index (κ2) is 10.9. The molecule has 1 aliphatic rings. The molecule has 2 atom stereocenters. The number of benzene rings is 2. The number of rotatable bonds is 5. The summed E-state index contributed by atoms with van der Waals surface area (Å²) in [6.45, 7) is 0. The molecule has 2 amide bonds. The Labute approximate surface area is 214 Å². The molecule has 0 saturated heterocycles. The Kier molecular flexibility index (Phi) is 7.73. The predicted molar refractivity (Wildman–Crippen MR) is 141 cm³/mol. The highest BCUT2D eigenvalue weighted by molar-refractivity contribution is 6.31. The van der Waals surface area contributed by atoms with Crippen molar-refractivity contribution < 1.29 is 9.59 Å². The van der Waals surface area contributed by atoms with Gasteiger partial charge in [0.25, 0.3) is 11.8 Å². The molecule has 35 heavy (non-hydrogen) atoms. The molecule has 6 nitrogen and oxygen atoms in total. The van der Waals surface area contributed by atoms with Gasteiger partial charge in [-0.05, 0) is 72.5 Å². The number of pyridine rings is 1. The Balaban J connectivity index is 0.00000289. The maximum Gasteiger partial charge on any atom is 0.268 e. The van der Waals surface area contributed by atoms with Gasteiger partial charge in [0.2, 0.25) is 0 Å². The number of aromatic amines is 1. The molecule has 8 heteroatoms. The second-order valence-electron chi connectivity index (χ2n) is 8.67. The first kappa shape index (κ1) is 24.8. The quantitative estimate of drug-likeness (QED) is 0.319. The van der Waals surface area contributed by atoms with E-state index < -0.39 is 0 Å². The fourth-order valence-corrected chi connectivity index (χ4v) is 4.74. The lowest BCUT2D eigenvalue weighted by Gasteiger charge is -2.32. The summed E-state index contributed by atoms with van der Waals surface area (Å²) < 4.78 is 0. The number of nitrogens with one attached hydrogen (secondary N) is 3. The van der Waals surface area contributed by atoms with Gasteiger partial charge in [-0.3, -0.25) is 14.6 Å². The van der Waals surface area contributed by atoms with Crippen LogP contribution in [0.15, 0.2) is 73.1 Å². The van der Waals surface area contributed by atoms with Crippen molar-refractivity contribution in [3.8, 4) is 11.1 Å². The lowest BCUT2D eigenvalue weighted by molar-refractivity contribution is 0.0860. The lowest BCUT2D eigenvalue weighted by atomic mass is 9.90. The first-order valence-electron chi connectivity index (χ1n) is 11.5. The van der Waals surface area contributed by atoms with E-state index in [0.717, 1.165) is 47.7 Å². The molecule has 0 radical (unpaired) electrons. The summed E-state index contributed by atoms with van der Waals surface area (Å²) in [5.74, 6) is -0.312. The van der Waals surface area contributed by atoms with Crippen molar-refractivity contribution in [2.24, 2.45) is 0 Å². The van der Waals surface area contributed by atoms with Gasteiger partial charge >= 0.3 is 0 Å². The zero-order valence-corrected chi connectivity index (χ0v) is 20.5. The minimum atomic E-state index is -0.180. The molecule has 3 N–H and O–H groups in total. The minimum Gasteiger partial charge on any atom is -0.351 e. The van der Waals surface area contributed by atoms with Crippen LogP contribution in [0, 0.1) is 0 Å². The zero-order chi connectivity index (χ0) is 23.5. The average Bonchev–Trinajstić information content (AvgIpc) is 3.29. The summed E-state index contributed by atoms with van der Waals surface area (Å²) in [6.07, 6.45) is 7.18. The number of carbonyl (C=O) groups excluding carboxylic acids is 2. The molecule has 2 aromatic carbocycles. The molecule has 1 saturated carbocycles. The number of carbonyl (C=O) groups is 2. The van der Waals surface area contributed by atoms with Crippen molar-refractivity contribution in [1.82, 2.24) is 20.6 Å². The first-order valence-corrected chi connectivity index (χ1v) is 11.8. The predicted octanol–water partition coefficient (Wildman–Crippen LogP) is 5.78. The van der Waals surface area contributed by atoms with Gasteiger partial charge in [0.15, 0.2) is 0 Å². The SMILES string of the molecule is Cl.O=C(N[C@@H]1CCCC[C@@H]1NC(=O)c1cc2cc(Cl)ccc2[nH]1)c1ccc(-c2ccncc2)cc1. The molecule has 1 aliphatic carbocycles. The summed E-state index contributed by atoms with van der Waals surface area (Å²) in [4.78, 5) is 33.1. The van der Waals surface area contributed by atoms with Gasteiger partial charge in [0.1, 0.15) is 5.69 Å². The number of nitrogens with zero attached hydrogens (tertiary/aromatic N) is 1. The molecule has 0 bridgehead atoms. The number of H-pyrrole nitrogens is 1. The van der Waals surface area contributed by atoms with Crippen LogP contribution in [0.1, 0.15) is 46.5 Å². The lowest BCUT2D eigenvalue weighted by Crippen LogP contribution is -2.53. The van der Waals surface area contributed by atoms with Gasteiger partial charge in [-0.15, -0.1) is 12.4 Å². The molecule has 2 heterocycles. The van der Waals surface area contributed by atoms with Gasteiger partial charge in [-0.1, -0.05) is 36.6 Å². The number of aromatic nitrogens is 2. The van der Waals surface area contributed by atoms with E-state index in [-0.39, 0.29) is 36.3 Å². The zero-order valence-electron chi connectivity index (χ0n) is 19.0. The summed E-state index contributed by atoms with van der Waals surface area (Å²) >= 11 is 6.06. The first-order chi connectivity index (χ1) is 16.6. The van der Waals surface area contributed by atoms with Gasteiger partial charge in [0.05, 0.1) is 0 Å². The maximum absolute atomic E-state index is 13.0. The highest BCUT2D eigenvalue weighted by atomic mass is 35.5. The van der Waals surface area contributed by atoms with E-state index in [9.17, 15) is 9.59 Å². The Hall–Kier alpha value is -3.35. The van der Waals surface area contributed by atoms with Gasteiger partial charge < -0.3 is 15.6 Å². The van der Waals surface area contributed by atoms with Crippen molar-refractivity contribution in [2.45, 2.75) is 37.8 Å². The molecule has 0 aliphatic heterocycles. The van der Waals surface area contributed by atoms with E-state index in [4.69, 9.17) is 11.6 Å². The monoisotopic (exact) mass is 508 g/mol. The van der Waals surface area contributed by atoms with Gasteiger partial charge in [0, 0.05) is 46.0 Å². The van der Waals surface area contributed by atoms with Crippen LogP contribution < -0.4 is 10.6 Å². The molecule has 180 valence electrons. The standard InChI is InChI=1S/C27H25ClN4O2.ClH/c28-21-9-10-22-20(15-21)16-25(30-22)27(34)32-24-4-2-1-3-23(24)31-26(33)19-7-5-17(6-8-19)18-11-13-29-14-12-18;/h5-16,23-24,30H,1-4H2,(H,31,33)(H,32,34);1H/t23-,24+;/m1./s1. The Morgan fingerprint density at radius 3 is 2.14 bits per heavy atom. The van der Waals surface area contributed by atoms with Crippen LogP contribution in [-0.2, 0) is 0 Å². The van der Waals surface area contributed by atoms with Crippen LogP contribution in [0.25, 0.3) is 22.0 Å². The van der Waals surface area contributed by atoms with Crippen LogP contribution in [0.4, 0.5) is 0 Å². The molecule has 0 unspecified atom stereocenters. The van der Waals surface area contributed by atoms with E-state index in [1.807, 2.05) is 48.5 Å². The van der Waals surface area contributed by atoms with E-state index in [1.54, 1.807) is 24.5 Å². The van der Waals surface area contributed by atoms with Crippen LogP contribution in [-0.4, -0.2) is 33.9 Å². The molecule has 4 aromatic rings. The Bertz CT molecular complexity index is 1320. The van der Waals surface area contributed by atoms with Gasteiger partial charge in [-0.2, -0.15) is 0 Å². The summed E-state index contributed by atoms with van der Waals surface area (Å²) in [5, 5.41) is 7.79. The van der Waals surface area contributed by atoms with Crippen LogP contribution in [0.2, 0.25) is 5.02 Å². The normalized spacial score (nSPS) is 17.4. The molecular formula is C27H26Cl2N4O2. The van der Waals surface area contributed by atoms with Crippen LogP contribution >= 0.6 is 24.0 Å². The Morgan fingerprint density at radius 1 is 0.829 bits per heavy atom. The van der Waals surface area contributed by atoms with Crippen LogP contribution in [0.5, 0.6) is 0 Å². The largest absolute Gasteiger partial charge is 0.351 e. The topological polar surface area (TPSA) is 86.9 Å². The third-order valence-electron chi connectivity index (χ3n) is 6.39. The molecule has 5 rings (SSSR count). The molecule has 0 spiro atoms. The van der Waals surface area contributed by atoms with Crippen molar-refractivity contribution in [1.29, 1.82) is 0 Å². The number of amides is 2. The Morgan fingerprint density at radius 2 is 1.46 bits per heavy atom. The minimum absolute atomic E-state index is 0. The third kappa shape index (κ3) is 5.66.